The van der Waals surface area contributed by atoms with Gasteiger partial charge in [-0.2, -0.15) is 21.9 Å². The molecule has 0 aliphatic heterocycles. The largest absolute Gasteiger partial charge is 0.352 e. The van der Waals surface area contributed by atoms with E-state index in [0.29, 0.717) is 0 Å². The lowest BCUT2D eigenvalue weighted by molar-refractivity contribution is -0.923. The van der Waals surface area contributed by atoms with Gasteiger partial charge in [-0.1, -0.05) is 128 Å². The first-order valence-electron chi connectivity index (χ1n) is 14.7. The zero-order valence-electron chi connectivity index (χ0n) is 24.5. The summed E-state index contributed by atoms with van der Waals surface area (Å²) < 4.78 is 1.14. The number of hydrogen-bond donors (Lipinski definition) is 1. The number of nitrogens with zero attached hydrogens (tertiary/aromatic N) is 1. The van der Waals surface area contributed by atoms with Gasteiger partial charge in [0.25, 0.3) is 0 Å². The second kappa shape index (κ2) is 15.6. The molecule has 0 fully saturated rings. The molecule has 208 valence electrons. The molecular formula is C36H45BN2O. The minimum Gasteiger partial charge on any atom is -0.352 e. The second-order valence-electron chi connectivity index (χ2n) is 10.4. The van der Waals surface area contributed by atoms with Crippen LogP contribution >= 0.6 is 0 Å². The summed E-state index contributed by atoms with van der Waals surface area (Å²) in [4.78, 5) is 10.9. The Balaban J connectivity index is 0.000000255. The van der Waals surface area contributed by atoms with Crippen molar-refractivity contribution in [1.82, 2.24) is 5.32 Å². The van der Waals surface area contributed by atoms with Gasteiger partial charge in [0.2, 0.25) is 5.91 Å². The Hall–Kier alpha value is -3.89. The van der Waals surface area contributed by atoms with Crippen LogP contribution in [0.25, 0.3) is 0 Å². The van der Waals surface area contributed by atoms with Crippen LogP contribution in [0, 0.1) is 0 Å². The van der Waals surface area contributed by atoms with Gasteiger partial charge in [-0.3, -0.25) is 4.79 Å². The SMILES string of the molecule is C=CC(=O)NCCC[N+](CC)(CC)CC.c1ccc([B-](c2ccccc2)(c2ccccc2)c2ccccc2)cc1. The number of rotatable bonds is 12. The van der Waals surface area contributed by atoms with E-state index in [-0.39, 0.29) is 5.91 Å². The van der Waals surface area contributed by atoms with E-state index in [1.54, 1.807) is 0 Å². The van der Waals surface area contributed by atoms with Crippen LogP contribution in [0.4, 0.5) is 0 Å². The third kappa shape index (κ3) is 7.40. The molecule has 4 rings (SSSR count). The lowest BCUT2D eigenvalue weighted by Gasteiger charge is -2.44. The van der Waals surface area contributed by atoms with Crippen LogP contribution in [0.2, 0.25) is 0 Å². The van der Waals surface area contributed by atoms with Crippen molar-refractivity contribution < 1.29 is 9.28 Å². The molecule has 0 aromatic heterocycles. The standard InChI is InChI=1S/C24H20B.C12H24N2O/c1-5-13-21(14-6-1)25(22-15-7-2-8-16-22,23-17-9-3-10-18-23)24-19-11-4-12-20-24;1-5-12(15)13-10-9-11-14(6-2,7-3)8-4/h1-20H;5H,1,6-11H2,2-4H3/q-1;/p+1. The predicted octanol–water partition coefficient (Wildman–Crippen LogP) is 4.62. The van der Waals surface area contributed by atoms with Gasteiger partial charge >= 0.3 is 0 Å². The third-order valence-electron chi connectivity index (χ3n) is 8.50. The highest BCUT2D eigenvalue weighted by Crippen LogP contribution is 2.09. The van der Waals surface area contributed by atoms with E-state index in [1.165, 1.54) is 47.6 Å². The van der Waals surface area contributed by atoms with Gasteiger partial charge in [0.1, 0.15) is 6.15 Å². The number of quaternary nitrogens is 1. The summed E-state index contributed by atoms with van der Waals surface area (Å²) in [5.41, 5.74) is 5.36. The zero-order chi connectivity index (χ0) is 28.7. The normalized spacial score (nSPS) is 11.2. The molecule has 3 nitrogen and oxygen atoms in total. The number of amides is 1. The van der Waals surface area contributed by atoms with E-state index < -0.39 is 6.15 Å². The molecule has 0 saturated heterocycles. The molecule has 0 heterocycles. The summed E-state index contributed by atoms with van der Waals surface area (Å²) in [6.07, 6.45) is 1.14. The first kappa shape index (κ1) is 30.7. The van der Waals surface area contributed by atoms with Crippen LogP contribution in [0.5, 0.6) is 0 Å². The maximum absolute atomic E-state index is 10.9. The van der Waals surface area contributed by atoms with Gasteiger partial charge in [0.15, 0.2) is 0 Å². The van der Waals surface area contributed by atoms with Crippen LogP contribution in [0.15, 0.2) is 134 Å². The fraction of sp³-hybridized carbons (Fsp3) is 0.250. The minimum atomic E-state index is -1.22. The molecule has 1 amide bonds. The smallest absolute Gasteiger partial charge is 0.243 e. The summed E-state index contributed by atoms with van der Waals surface area (Å²) in [7, 11) is 0. The summed E-state index contributed by atoms with van der Waals surface area (Å²) in [6, 6.07) is 43.5. The Kier molecular flexibility index (Phi) is 12.0. The van der Waals surface area contributed by atoms with Crippen molar-refractivity contribution in [1.29, 1.82) is 0 Å². The van der Waals surface area contributed by atoms with Crippen LogP contribution in [-0.4, -0.2) is 49.3 Å². The topological polar surface area (TPSA) is 29.1 Å². The highest BCUT2D eigenvalue weighted by atomic mass is 16.1. The first-order valence-corrected chi connectivity index (χ1v) is 14.7. The van der Waals surface area contributed by atoms with Crippen LogP contribution in [0.3, 0.4) is 0 Å². The molecule has 0 aliphatic rings. The molecule has 0 saturated carbocycles. The zero-order valence-corrected chi connectivity index (χ0v) is 24.5. The quantitative estimate of drug-likeness (QED) is 0.123. The molecule has 4 aromatic rings. The van der Waals surface area contributed by atoms with Gasteiger partial charge in [0, 0.05) is 13.0 Å². The Morgan fingerprint density at radius 3 is 1.25 bits per heavy atom. The second-order valence-corrected chi connectivity index (χ2v) is 10.4. The van der Waals surface area contributed by atoms with Crippen molar-refractivity contribution in [2.75, 3.05) is 32.7 Å². The van der Waals surface area contributed by atoms with Crippen LogP contribution in [0.1, 0.15) is 27.2 Å². The monoisotopic (exact) mass is 532 g/mol. The highest BCUT2D eigenvalue weighted by molar-refractivity contribution is 7.19. The molecule has 4 heteroatoms. The Bertz CT molecular complexity index is 1100. The number of nitrogens with one attached hydrogen (secondary N) is 1. The highest BCUT2D eigenvalue weighted by Gasteiger charge is 2.31. The van der Waals surface area contributed by atoms with E-state index in [1.807, 2.05) is 0 Å². The maximum atomic E-state index is 10.9. The van der Waals surface area contributed by atoms with Crippen molar-refractivity contribution >= 4 is 33.9 Å². The van der Waals surface area contributed by atoms with E-state index in [4.69, 9.17) is 0 Å². The van der Waals surface area contributed by atoms with Gasteiger partial charge in [-0.25, -0.2) is 0 Å². The lowest BCUT2D eigenvalue weighted by Crippen LogP contribution is -2.74. The lowest BCUT2D eigenvalue weighted by atomic mass is 9.13. The molecule has 0 unspecified atom stereocenters. The Morgan fingerprint density at radius 2 is 0.975 bits per heavy atom. The summed E-state index contributed by atoms with van der Waals surface area (Å²) >= 11 is 0. The number of carbonyl (C=O) groups excluding carboxylic acids is 1. The summed E-state index contributed by atoms with van der Waals surface area (Å²) in [6.45, 7) is 15.5. The Morgan fingerprint density at radius 1 is 0.650 bits per heavy atom. The molecule has 0 atom stereocenters. The van der Waals surface area contributed by atoms with Crippen molar-refractivity contribution in [3.63, 3.8) is 0 Å². The fourth-order valence-electron chi connectivity index (χ4n) is 5.96. The third-order valence-corrected chi connectivity index (χ3v) is 8.50. The van der Waals surface area contributed by atoms with Gasteiger partial charge in [-0.15, -0.1) is 0 Å². The Labute approximate surface area is 242 Å². The number of carbonyl (C=O) groups is 1. The minimum absolute atomic E-state index is 0.0717. The average molecular weight is 533 g/mol. The van der Waals surface area contributed by atoms with E-state index in [2.05, 4.69) is 154 Å². The number of benzene rings is 4. The fourth-order valence-corrected chi connectivity index (χ4v) is 5.96. The van der Waals surface area contributed by atoms with E-state index >= 15 is 0 Å². The van der Waals surface area contributed by atoms with Gasteiger partial charge in [-0.05, 0) is 26.8 Å². The molecule has 0 bridgehead atoms. The number of hydrogen-bond acceptors (Lipinski definition) is 1. The maximum Gasteiger partial charge on any atom is 0.243 e. The van der Waals surface area contributed by atoms with Crippen molar-refractivity contribution in [2.24, 2.45) is 0 Å². The summed E-state index contributed by atoms with van der Waals surface area (Å²) in [5.74, 6) is -0.0717. The molecule has 0 spiro atoms. The molecule has 4 aromatic carbocycles. The molecular weight excluding hydrogens is 487 g/mol. The van der Waals surface area contributed by atoms with Gasteiger partial charge < -0.3 is 9.80 Å². The summed E-state index contributed by atoms with van der Waals surface area (Å²) in [5, 5.41) is 2.81. The predicted molar refractivity (Wildman–Crippen MR) is 175 cm³/mol. The van der Waals surface area contributed by atoms with Gasteiger partial charge in [0.05, 0.1) is 26.2 Å². The molecule has 0 radical (unpaired) electrons. The van der Waals surface area contributed by atoms with Crippen molar-refractivity contribution in [3.8, 4) is 0 Å². The van der Waals surface area contributed by atoms with Crippen LogP contribution < -0.4 is 27.2 Å². The first-order chi connectivity index (χ1) is 19.6. The molecule has 0 aliphatic carbocycles. The molecule has 40 heavy (non-hydrogen) atoms. The molecule has 1 N–H and O–H groups in total. The van der Waals surface area contributed by atoms with E-state index in [9.17, 15) is 4.79 Å². The van der Waals surface area contributed by atoms with E-state index in [0.717, 1.165) is 24.0 Å². The van der Waals surface area contributed by atoms with Crippen molar-refractivity contribution in [3.05, 3.63) is 134 Å². The van der Waals surface area contributed by atoms with Crippen LogP contribution in [-0.2, 0) is 4.79 Å². The average Bonchev–Trinajstić information content (AvgIpc) is 3.04. The van der Waals surface area contributed by atoms with Crippen molar-refractivity contribution in [2.45, 2.75) is 27.2 Å².